The number of aromatic nitrogens is 1. The van der Waals surface area contributed by atoms with Crippen molar-refractivity contribution in [3.05, 3.63) is 29.6 Å². The number of hydrogen-bond acceptors (Lipinski definition) is 5. The molecular formula is C13H16N2O5S. The average Bonchev–Trinajstić information content (AvgIpc) is 2.76. The first-order chi connectivity index (χ1) is 9.85. The van der Waals surface area contributed by atoms with Crippen LogP contribution < -0.4 is 5.32 Å². The molecule has 1 amide bonds. The number of nitrogens with zero attached hydrogens (tertiary/aromatic N) is 1. The zero-order valence-corrected chi connectivity index (χ0v) is 12.1. The molecular weight excluding hydrogens is 296 g/mol. The lowest BCUT2D eigenvalue weighted by molar-refractivity contribution is -0.122. The van der Waals surface area contributed by atoms with E-state index in [9.17, 15) is 18.0 Å². The Hall–Kier alpha value is -1.96. The highest BCUT2D eigenvalue weighted by molar-refractivity contribution is 7.91. The van der Waals surface area contributed by atoms with Gasteiger partial charge in [0.2, 0.25) is 5.91 Å². The van der Waals surface area contributed by atoms with Gasteiger partial charge >= 0.3 is 5.97 Å². The number of carboxylic acids is 1. The van der Waals surface area contributed by atoms with Crippen molar-refractivity contribution in [2.45, 2.75) is 19.4 Å². The number of aromatic carboxylic acids is 1. The van der Waals surface area contributed by atoms with E-state index in [2.05, 4.69) is 10.3 Å². The van der Waals surface area contributed by atoms with Crippen LogP contribution in [0.3, 0.4) is 0 Å². The zero-order valence-electron chi connectivity index (χ0n) is 11.3. The molecule has 1 aromatic rings. The van der Waals surface area contributed by atoms with Gasteiger partial charge in [-0.15, -0.1) is 0 Å². The van der Waals surface area contributed by atoms with Gasteiger partial charge in [-0.1, -0.05) is 6.07 Å². The number of carboxylic acid groups (broad SMARTS) is 1. The van der Waals surface area contributed by atoms with Gasteiger partial charge in [0.05, 0.1) is 11.5 Å². The van der Waals surface area contributed by atoms with Crippen molar-refractivity contribution in [1.29, 1.82) is 0 Å². The largest absolute Gasteiger partial charge is 0.477 e. The van der Waals surface area contributed by atoms with Crippen molar-refractivity contribution in [2.24, 2.45) is 5.92 Å². The van der Waals surface area contributed by atoms with Crippen LogP contribution in [-0.2, 0) is 21.2 Å². The second kappa shape index (κ2) is 6.21. The Labute approximate surface area is 122 Å². The summed E-state index contributed by atoms with van der Waals surface area (Å²) in [5.74, 6) is -1.18. The fourth-order valence-corrected chi connectivity index (χ4v) is 4.09. The highest BCUT2D eigenvalue weighted by atomic mass is 32.2. The Kier molecular flexibility index (Phi) is 4.56. The van der Waals surface area contributed by atoms with Gasteiger partial charge in [-0.3, -0.25) is 4.79 Å². The first-order valence-corrected chi connectivity index (χ1v) is 8.33. The zero-order chi connectivity index (χ0) is 15.5. The molecule has 2 heterocycles. The molecule has 1 saturated heterocycles. The molecule has 1 aliphatic heterocycles. The molecule has 0 spiro atoms. The third-order valence-electron chi connectivity index (χ3n) is 3.33. The molecule has 1 fully saturated rings. The minimum Gasteiger partial charge on any atom is -0.477 e. The summed E-state index contributed by atoms with van der Waals surface area (Å²) in [4.78, 5) is 26.1. The van der Waals surface area contributed by atoms with Crippen LogP contribution in [-0.4, -0.2) is 41.9 Å². The van der Waals surface area contributed by atoms with E-state index in [-0.39, 0.29) is 42.0 Å². The fourth-order valence-electron chi connectivity index (χ4n) is 2.22. The van der Waals surface area contributed by atoms with Gasteiger partial charge in [-0.25, -0.2) is 18.2 Å². The second-order valence-electron chi connectivity index (χ2n) is 5.11. The Morgan fingerprint density at radius 2 is 2.14 bits per heavy atom. The molecule has 1 aromatic heterocycles. The summed E-state index contributed by atoms with van der Waals surface area (Å²) in [6, 6.07) is 2.95. The number of pyridine rings is 1. The molecule has 21 heavy (non-hydrogen) atoms. The molecule has 0 aromatic carbocycles. The Morgan fingerprint density at radius 3 is 2.67 bits per heavy atom. The van der Waals surface area contributed by atoms with Crippen molar-refractivity contribution in [2.75, 3.05) is 11.5 Å². The first kappa shape index (κ1) is 15.4. The summed E-state index contributed by atoms with van der Waals surface area (Å²) in [5, 5.41) is 11.4. The van der Waals surface area contributed by atoms with Crippen molar-refractivity contribution in [3.8, 4) is 0 Å². The molecule has 0 saturated carbocycles. The summed E-state index contributed by atoms with van der Waals surface area (Å²) >= 11 is 0. The fraction of sp³-hybridized carbons (Fsp3) is 0.462. The molecule has 114 valence electrons. The van der Waals surface area contributed by atoms with Crippen molar-refractivity contribution in [1.82, 2.24) is 10.3 Å². The number of rotatable bonds is 5. The van der Waals surface area contributed by atoms with E-state index < -0.39 is 15.8 Å². The Balaban J connectivity index is 1.80. The third kappa shape index (κ3) is 4.52. The van der Waals surface area contributed by atoms with Crippen LogP contribution in [0.1, 0.15) is 28.9 Å². The van der Waals surface area contributed by atoms with E-state index in [1.165, 1.54) is 12.3 Å². The summed E-state index contributed by atoms with van der Waals surface area (Å²) in [6.45, 7) is 0.241. The summed E-state index contributed by atoms with van der Waals surface area (Å²) in [7, 11) is -2.97. The van der Waals surface area contributed by atoms with Gasteiger partial charge < -0.3 is 10.4 Å². The van der Waals surface area contributed by atoms with Gasteiger partial charge in [0.1, 0.15) is 5.69 Å². The van der Waals surface area contributed by atoms with Crippen LogP contribution in [0.15, 0.2) is 18.3 Å². The number of nitrogens with one attached hydrogen (secondary N) is 1. The minimum absolute atomic E-state index is 0.0544. The maximum Gasteiger partial charge on any atom is 0.354 e. The van der Waals surface area contributed by atoms with Gasteiger partial charge in [0.25, 0.3) is 0 Å². The minimum atomic E-state index is -2.97. The maximum atomic E-state index is 11.7. The first-order valence-electron chi connectivity index (χ1n) is 6.51. The Morgan fingerprint density at radius 1 is 1.38 bits per heavy atom. The predicted octanol–water partition coefficient (Wildman–Crippen LogP) is 0.221. The number of hydrogen-bond donors (Lipinski definition) is 2. The van der Waals surface area contributed by atoms with Gasteiger partial charge in [0, 0.05) is 19.2 Å². The lowest BCUT2D eigenvalue weighted by Gasteiger charge is -2.08. The maximum absolute atomic E-state index is 11.7. The smallest absolute Gasteiger partial charge is 0.354 e. The highest BCUT2D eigenvalue weighted by Gasteiger charge is 2.29. The van der Waals surface area contributed by atoms with Gasteiger partial charge in [-0.2, -0.15) is 0 Å². The van der Waals surface area contributed by atoms with Crippen molar-refractivity contribution in [3.63, 3.8) is 0 Å². The number of sulfone groups is 1. The van der Waals surface area contributed by atoms with E-state index in [4.69, 9.17) is 5.11 Å². The number of carbonyl (C=O) groups is 2. The molecule has 0 radical (unpaired) electrons. The third-order valence-corrected chi connectivity index (χ3v) is 5.17. The quantitative estimate of drug-likeness (QED) is 0.804. The van der Waals surface area contributed by atoms with E-state index in [0.29, 0.717) is 12.0 Å². The second-order valence-corrected chi connectivity index (χ2v) is 7.34. The van der Waals surface area contributed by atoms with Gasteiger partial charge in [0.15, 0.2) is 9.84 Å². The molecule has 1 atom stereocenters. The number of amides is 1. The summed E-state index contributed by atoms with van der Waals surface area (Å²) < 4.78 is 22.6. The molecule has 0 aliphatic carbocycles. The lowest BCUT2D eigenvalue weighted by atomic mass is 10.1. The number of carbonyl (C=O) groups excluding carboxylic acids is 1. The SMILES string of the molecule is O=C(CC1CCS(=O)(=O)C1)NCc1ccc(C(=O)O)nc1. The monoisotopic (exact) mass is 312 g/mol. The predicted molar refractivity (Wildman–Crippen MR) is 74.4 cm³/mol. The molecule has 1 aliphatic rings. The Bertz CT molecular complexity index is 639. The standard InChI is InChI=1S/C13H16N2O5S/c16-12(5-9-3-4-21(19,20)8-9)15-7-10-1-2-11(13(17)18)14-6-10/h1-2,6,9H,3-5,7-8H2,(H,15,16)(H,17,18). The normalized spacial score (nSPS) is 20.1. The van der Waals surface area contributed by atoms with Crippen LogP contribution >= 0.6 is 0 Å². The van der Waals surface area contributed by atoms with Crippen LogP contribution in [0, 0.1) is 5.92 Å². The molecule has 8 heteroatoms. The lowest BCUT2D eigenvalue weighted by Crippen LogP contribution is -2.25. The van der Waals surface area contributed by atoms with E-state index in [0.717, 1.165) is 0 Å². The topological polar surface area (TPSA) is 113 Å². The molecule has 0 bridgehead atoms. The van der Waals surface area contributed by atoms with E-state index in [1.807, 2.05) is 0 Å². The molecule has 2 rings (SSSR count). The van der Waals surface area contributed by atoms with E-state index in [1.54, 1.807) is 6.07 Å². The summed E-state index contributed by atoms with van der Waals surface area (Å²) in [5.41, 5.74) is 0.633. The van der Waals surface area contributed by atoms with E-state index >= 15 is 0 Å². The van der Waals surface area contributed by atoms with Crippen molar-refractivity contribution >= 4 is 21.7 Å². The average molecular weight is 312 g/mol. The molecule has 7 nitrogen and oxygen atoms in total. The summed E-state index contributed by atoms with van der Waals surface area (Å²) in [6.07, 6.45) is 2.12. The van der Waals surface area contributed by atoms with Crippen LogP contribution in [0.4, 0.5) is 0 Å². The highest BCUT2D eigenvalue weighted by Crippen LogP contribution is 2.21. The molecule has 2 N–H and O–H groups in total. The van der Waals surface area contributed by atoms with Crippen LogP contribution in [0.25, 0.3) is 0 Å². The van der Waals surface area contributed by atoms with Gasteiger partial charge in [-0.05, 0) is 24.0 Å². The van der Waals surface area contributed by atoms with Crippen LogP contribution in [0.5, 0.6) is 0 Å². The molecule has 1 unspecified atom stereocenters. The van der Waals surface area contributed by atoms with Crippen molar-refractivity contribution < 1.29 is 23.1 Å². The van der Waals surface area contributed by atoms with Crippen LogP contribution in [0.2, 0.25) is 0 Å².